The van der Waals surface area contributed by atoms with Gasteiger partial charge in [0.15, 0.2) is 11.6 Å². The standard InChI is InChI=1S/C21H25F3N4O/c1-14(25)15-2-4-16(5-3-15)29-17-7-10-27(12-17)18-6-9-26-20(19(18)22)28-11-8-21(23,24)13-28/h2-6,9,14,17H,7-8,10-13,25H2,1H3. The summed E-state index contributed by atoms with van der Waals surface area (Å²) in [5, 5.41) is 0. The Hall–Kier alpha value is -2.48. The van der Waals surface area contributed by atoms with Crippen LogP contribution in [0.25, 0.3) is 0 Å². The zero-order valence-electron chi connectivity index (χ0n) is 16.3. The van der Waals surface area contributed by atoms with Gasteiger partial charge in [-0.3, -0.25) is 0 Å². The molecule has 29 heavy (non-hydrogen) atoms. The van der Waals surface area contributed by atoms with Crippen LogP contribution in [0.3, 0.4) is 0 Å². The van der Waals surface area contributed by atoms with Gasteiger partial charge in [0.1, 0.15) is 11.9 Å². The first-order chi connectivity index (χ1) is 13.8. The lowest BCUT2D eigenvalue weighted by atomic mass is 10.1. The predicted molar refractivity (Wildman–Crippen MR) is 106 cm³/mol. The van der Waals surface area contributed by atoms with Gasteiger partial charge in [-0.2, -0.15) is 0 Å². The Balaban J connectivity index is 1.43. The average molecular weight is 406 g/mol. The van der Waals surface area contributed by atoms with Crippen molar-refractivity contribution >= 4 is 11.5 Å². The molecular weight excluding hydrogens is 381 g/mol. The highest BCUT2D eigenvalue weighted by atomic mass is 19.3. The first-order valence-corrected chi connectivity index (χ1v) is 9.87. The topological polar surface area (TPSA) is 54.6 Å². The molecule has 0 radical (unpaired) electrons. The fourth-order valence-corrected chi connectivity index (χ4v) is 3.89. The van der Waals surface area contributed by atoms with Crippen LogP contribution in [0.2, 0.25) is 0 Å². The third kappa shape index (κ3) is 4.27. The van der Waals surface area contributed by atoms with Gasteiger partial charge in [0.2, 0.25) is 0 Å². The Labute approximate surface area is 168 Å². The molecule has 2 aromatic rings. The molecule has 3 heterocycles. The smallest absolute Gasteiger partial charge is 0.266 e. The maximum Gasteiger partial charge on any atom is 0.266 e. The highest BCUT2D eigenvalue weighted by Crippen LogP contribution is 2.35. The molecule has 0 saturated carbocycles. The van der Waals surface area contributed by atoms with Crippen LogP contribution < -0.4 is 20.3 Å². The van der Waals surface area contributed by atoms with Crippen molar-refractivity contribution in [2.75, 3.05) is 36.0 Å². The van der Waals surface area contributed by atoms with Gasteiger partial charge in [0.05, 0.1) is 18.8 Å². The third-order valence-electron chi connectivity index (χ3n) is 5.51. The van der Waals surface area contributed by atoms with Crippen molar-refractivity contribution in [1.29, 1.82) is 0 Å². The molecule has 1 aromatic heterocycles. The summed E-state index contributed by atoms with van der Waals surface area (Å²) >= 11 is 0. The Morgan fingerprint density at radius 1 is 1.17 bits per heavy atom. The Kier molecular flexibility index (Phi) is 5.29. The monoisotopic (exact) mass is 406 g/mol. The van der Waals surface area contributed by atoms with Crippen molar-refractivity contribution in [3.63, 3.8) is 0 Å². The van der Waals surface area contributed by atoms with Gasteiger partial charge in [0.25, 0.3) is 5.92 Å². The Morgan fingerprint density at radius 3 is 2.59 bits per heavy atom. The minimum atomic E-state index is -2.80. The summed E-state index contributed by atoms with van der Waals surface area (Å²) in [6.07, 6.45) is 1.86. The highest BCUT2D eigenvalue weighted by Gasteiger charge is 2.40. The number of nitrogens with zero attached hydrogens (tertiary/aromatic N) is 3. The molecule has 5 nitrogen and oxygen atoms in total. The van der Waals surface area contributed by atoms with Crippen LogP contribution in [0, 0.1) is 5.82 Å². The van der Waals surface area contributed by atoms with E-state index in [1.165, 1.54) is 11.1 Å². The van der Waals surface area contributed by atoms with Crippen LogP contribution in [0.4, 0.5) is 24.7 Å². The van der Waals surface area contributed by atoms with Crippen molar-refractivity contribution in [1.82, 2.24) is 4.98 Å². The minimum absolute atomic E-state index is 0.00413. The SMILES string of the molecule is CC(N)c1ccc(OC2CCN(c3ccnc(N4CCC(F)(F)C4)c3F)C2)cc1. The predicted octanol–water partition coefficient (Wildman–Crippen LogP) is 3.74. The maximum atomic E-state index is 15.1. The number of anilines is 2. The quantitative estimate of drug-likeness (QED) is 0.820. The summed E-state index contributed by atoms with van der Waals surface area (Å²) in [6, 6.07) is 9.21. The molecular formula is C21H25F3N4O. The van der Waals surface area contributed by atoms with Gasteiger partial charge in [-0.1, -0.05) is 12.1 Å². The number of ether oxygens (including phenoxy) is 1. The van der Waals surface area contributed by atoms with Crippen molar-refractivity contribution in [2.45, 2.75) is 37.8 Å². The molecule has 8 heteroatoms. The lowest BCUT2D eigenvalue weighted by molar-refractivity contribution is 0.0256. The molecule has 2 aliphatic heterocycles. The maximum absolute atomic E-state index is 15.1. The van der Waals surface area contributed by atoms with Gasteiger partial charge < -0.3 is 20.3 Å². The van der Waals surface area contributed by atoms with E-state index in [0.717, 1.165) is 17.7 Å². The lowest BCUT2D eigenvalue weighted by Crippen LogP contribution is -2.28. The number of halogens is 3. The van der Waals surface area contributed by atoms with Crippen LogP contribution in [0.15, 0.2) is 36.5 Å². The van der Waals surface area contributed by atoms with E-state index in [-0.39, 0.29) is 30.9 Å². The number of nitrogens with two attached hydrogens (primary N) is 1. The van der Waals surface area contributed by atoms with E-state index in [0.29, 0.717) is 18.8 Å². The van der Waals surface area contributed by atoms with E-state index in [2.05, 4.69) is 4.98 Å². The van der Waals surface area contributed by atoms with Crippen molar-refractivity contribution < 1.29 is 17.9 Å². The third-order valence-corrected chi connectivity index (χ3v) is 5.51. The van der Waals surface area contributed by atoms with Gasteiger partial charge in [0, 0.05) is 38.2 Å². The number of alkyl halides is 2. The van der Waals surface area contributed by atoms with Crippen LogP contribution in [-0.4, -0.2) is 43.2 Å². The van der Waals surface area contributed by atoms with Crippen molar-refractivity contribution in [2.24, 2.45) is 5.73 Å². The van der Waals surface area contributed by atoms with Crippen molar-refractivity contribution in [3.05, 3.63) is 47.9 Å². The molecule has 2 unspecified atom stereocenters. The van der Waals surface area contributed by atoms with Gasteiger partial charge in [-0.15, -0.1) is 0 Å². The number of rotatable bonds is 5. The number of benzene rings is 1. The average Bonchev–Trinajstić information content (AvgIpc) is 3.28. The molecule has 2 N–H and O–H groups in total. The molecule has 1 aromatic carbocycles. The molecule has 2 aliphatic rings. The minimum Gasteiger partial charge on any atom is -0.489 e. The molecule has 0 bridgehead atoms. The summed E-state index contributed by atoms with van der Waals surface area (Å²) in [5.41, 5.74) is 7.27. The molecule has 0 spiro atoms. The van der Waals surface area contributed by atoms with Gasteiger partial charge >= 0.3 is 0 Å². The second-order valence-corrected chi connectivity index (χ2v) is 7.83. The summed E-state index contributed by atoms with van der Waals surface area (Å²) in [4.78, 5) is 7.22. The molecule has 2 saturated heterocycles. The van der Waals surface area contributed by atoms with E-state index >= 15 is 4.39 Å². The van der Waals surface area contributed by atoms with Crippen LogP contribution >= 0.6 is 0 Å². The molecule has 0 aliphatic carbocycles. The first kappa shape index (κ1) is 19.8. The lowest BCUT2D eigenvalue weighted by Gasteiger charge is -2.23. The van der Waals surface area contributed by atoms with Crippen molar-refractivity contribution in [3.8, 4) is 5.75 Å². The van der Waals surface area contributed by atoms with E-state index < -0.39 is 18.3 Å². The second-order valence-electron chi connectivity index (χ2n) is 7.83. The Bertz CT molecular complexity index is 860. The fourth-order valence-electron chi connectivity index (χ4n) is 3.89. The number of hydrogen-bond acceptors (Lipinski definition) is 5. The van der Waals surface area contributed by atoms with Crippen LogP contribution in [0.1, 0.15) is 31.4 Å². The molecule has 2 atom stereocenters. The second kappa shape index (κ2) is 7.74. The first-order valence-electron chi connectivity index (χ1n) is 9.87. The summed E-state index contributed by atoms with van der Waals surface area (Å²) in [6.45, 7) is 2.67. The van der Waals surface area contributed by atoms with Crippen LogP contribution in [-0.2, 0) is 0 Å². The molecule has 156 valence electrons. The Morgan fingerprint density at radius 2 is 1.93 bits per heavy atom. The van der Waals surface area contributed by atoms with E-state index in [9.17, 15) is 8.78 Å². The normalized spacial score (nSPS) is 22.2. The highest BCUT2D eigenvalue weighted by molar-refractivity contribution is 5.58. The molecule has 0 amide bonds. The summed E-state index contributed by atoms with van der Waals surface area (Å²) in [7, 11) is 0. The van der Waals surface area contributed by atoms with Crippen LogP contribution in [0.5, 0.6) is 5.75 Å². The number of pyridine rings is 1. The zero-order chi connectivity index (χ0) is 20.6. The molecule has 2 fully saturated rings. The zero-order valence-corrected chi connectivity index (χ0v) is 16.3. The molecule has 4 rings (SSSR count). The van der Waals surface area contributed by atoms with Gasteiger partial charge in [-0.05, 0) is 30.7 Å². The number of aromatic nitrogens is 1. The van der Waals surface area contributed by atoms with E-state index in [1.54, 1.807) is 6.07 Å². The fraction of sp³-hybridized carbons (Fsp3) is 0.476. The van der Waals surface area contributed by atoms with Gasteiger partial charge in [-0.25, -0.2) is 18.2 Å². The van der Waals surface area contributed by atoms with E-state index in [1.807, 2.05) is 36.1 Å². The largest absolute Gasteiger partial charge is 0.489 e. The van der Waals surface area contributed by atoms with E-state index in [4.69, 9.17) is 10.5 Å². The number of hydrogen-bond donors (Lipinski definition) is 1. The summed E-state index contributed by atoms with van der Waals surface area (Å²) in [5.74, 6) is -2.60. The summed E-state index contributed by atoms with van der Waals surface area (Å²) < 4.78 is 48.1.